The molecule has 45 heavy (non-hydrogen) atoms. The van der Waals surface area contributed by atoms with E-state index in [1.54, 1.807) is 36.0 Å². The van der Waals surface area contributed by atoms with Crippen molar-refractivity contribution in [3.8, 4) is 22.3 Å². The van der Waals surface area contributed by atoms with E-state index in [0.717, 1.165) is 48.5 Å². The summed E-state index contributed by atoms with van der Waals surface area (Å²) >= 11 is 1.61. The number of rotatable bonds is 9. The highest BCUT2D eigenvalue weighted by Crippen LogP contribution is 2.41. The van der Waals surface area contributed by atoms with Crippen LogP contribution in [0.15, 0.2) is 131 Å². The van der Waals surface area contributed by atoms with Gasteiger partial charge in [0, 0.05) is 34.0 Å². The quantitative estimate of drug-likeness (QED) is 0.170. The minimum Gasteiger partial charge on any atom is -0.478 e. The Hall–Kier alpha value is -5.14. The van der Waals surface area contributed by atoms with Crippen molar-refractivity contribution < 1.29 is 19.1 Å². The summed E-state index contributed by atoms with van der Waals surface area (Å²) in [7, 11) is 0. The van der Waals surface area contributed by atoms with Crippen LogP contribution in [0.2, 0.25) is 0 Å². The average molecular weight is 615 g/mol. The molecule has 224 valence electrons. The second kappa shape index (κ2) is 12.8. The highest BCUT2D eigenvalue weighted by molar-refractivity contribution is 7.99. The van der Waals surface area contributed by atoms with Gasteiger partial charge in [-0.1, -0.05) is 78.5 Å². The Labute approximate surface area is 265 Å². The molecule has 0 aliphatic carbocycles. The first-order valence-corrected chi connectivity index (χ1v) is 15.5. The number of halogens is 1. The van der Waals surface area contributed by atoms with E-state index < -0.39 is 5.97 Å². The third-order valence-electron chi connectivity index (χ3n) is 7.72. The predicted molar refractivity (Wildman–Crippen MR) is 178 cm³/mol. The second-order valence-electron chi connectivity index (χ2n) is 11.1. The number of fused-ring (bicyclic) bond motifs is 1. The molecule has 0 atom stereocenters. The van der Waals surface area contributed by atoms with E-state index in [0.29, 0.717) is 5.56 Å². The van der Waals surface area contributed by atoms with E-state index in [2.05, 4.69) is 72.4 Å². The summed E-state index contributed by atoms with van der Waals surface area (Å²) in [4.78, 5) is 27.2. The molecule has 5 aromatic carbocycles. The number of carbonyl (C=O) groups excluding carboxylic acids is 1. The van der Waals surface area contributed by atoms with Gasteiger partial charge in [0.2, 0.25) is 0 Å². The predicted octanol–water partition coefficient (Wildman–Crippen LogP) is 9.47. The van der Waals surface area contributed by atoms with E-state index in [1.165, 1.54) is 24.3 Å². The standard InChI is InChI=1S/C38H31FN2O3S/c1-24(2)41-23-35(45-32-18-14-27(15-19-32)26-6-4-3-5-7-26)36-33(20-30(21-34(36)41)28-12-16-31(39)17-13-28)37(42)40-22-25-8-10-29(11-9-25)38(43)44/h3-21,23-24H,22H2,1-2H3,(H,40,42)(H,43,44). The van der Waals surface area contributed by atoms with Gasteiger partial charge in [-0.15, -0.1) is 0 Å². The normalized spacial score (nSPS) is 11.2. The second-order valence-corrected chi connectivity index (χ2v) is 12.2. The summed E-state index contributed by atoms with van der Waals surface area (Å²) < 4.78 is 16.0. The van der Waals surface area contributed by atoms with Crippen LogP contribution in [-0.4, -0.2) is 21.6 Å². The number of carboxylic acids is 1. The lowest BCUT2D eigenvalue weighted by Gasteiger charge is -2.14. The molecule has 1 aromatic heterocycles. The van der Waals surface area contributed by atoms with Crippen molar-refractivity contribution in [2.45, 2.75) is 36.2 Å². The first-order valence-electron chi connectivity index (χ1n) is 14.6. The molecule has 0 radical (unpaired) electrons. The van der Waals surface area contributed by atoms with Gasteiger partial charge in [0.1, 0.15) is 5.82 Å². The molecule has 0 aliphatic rings. The molecule has 1 amide bonds. The Morgan fingerprint density at radius 1 is 0.800 bits per heavy atom. The van der Waals surface area contributed by atoms with Crippen LogP contribution in [0.5, 0.6) is 0 Å². The number of amides is 1. The summed E-state index contributed by atoms with van der Waals surface area (Å²) in [5.41, 5.74) is 6.28. The topological polar surface area (TPSA) is 71.3 Å². The maximum absolute atomic E-state index is 13.9. The summed E-state index contributed by atoms with van der Waals surface area (Å²) in [5, 5.41) is 13.1. The molecule has 6 rings (SSSR count). The van der Waals surface area contributed by atoms with Crippen LogP contribution in [0.1, 0.15) is 46.2 Å². The molecule has 2 N–H and O–H groups in total. The summed E-state index contributed by atoms with van der Waals surface area (Å²) in [6.45, 7) is 4.44. The smallest absolute Gasteiger partial charge is 0.335 e. The van der Waals surface area contributed by atoms with Crippen molar-refractivity contribution in [2.75, 3.05) is 0 Å². The molecule has 0 saturated heterocycles. The number of aromatic nitrogens is 1. The molecule has 7 heteroatoms. The summed E-state index contributed by atoms with van der Waals surface area (Å²) in [6.07, 6.45) is 2.10. The van der Waals surface area contributed by atoms with Gasteiger partial charge in [-0.05, 0) is 90.2 Å². The van der Waals surface area contributed by atoms with Crippen LogP contribution in [-0.2, 0) is 6.54 Å². The maximum Gasteiger partial charge on any atom is 0.335 e. The number of aromatic carboxylic acids is 1. The molecule has 0 bridgehead atoms. The van der Waals surface area contributed by atoms with Crippen molar-refractivity contribution in [1.29, 1.82) is 0 Å². The molecule has 0 fully saturated rings. The van der Waals surface area contributed by atoms with Gasteiger partial charge in [0.15, 0.2) is 0 Å². The summed E-state index contributed by atoms with van der Waals surface area (Å²) in [6, 6.07) is 35.4. The number of carboxylic acid groups (broad SMARTS) is 1. The van der Waals surface area contributed by atoms with Crippen LogP contribution in [0, 0.1) is 5.82 Å². The van der Waals surface area contributed by atoms with Gasteiger partial charge in [0.05, 0.1) is 16.6 Å². The first kappa shape index (κ1) is 29.9. The minimum absolute atomic E-state index is 0.120. The van der Waals surface area contributed by atoms with Crippen molar-refractivity contribution in [3.63, 3.8) is 0 Å². The number of carbonyl (C=O) groups is 2. The fourth-order valence-corrected chi connectivity index (χ4v) is 6.37. The van der Waals surface area contributed by atoms with E-state index in [9.17, 15) is 19.1 Å². The van der Waals surface area contributed by atoms with Crippen LogP contribution in [0.4, 0.5) is 4.39 Å². The highest BCUT2D eigenvalue weighted by Gasteiger charge is 2.21. The lowest BCUT2D eigenvalue weighted by molar-refractivity contribution is 0.0696. The number of hydrogen-bond acceptors (Lipinski definition) is 3. The van der Waals surface area contributed by atoms with Gasteiger partial charge in [-0.3, -0.25) is 4.79 Å². The summed E-state index contributed by atoms with van der Waals surface area (Å²) in [5.74, 6) is -1.58. The number of nitrogens with zero attached hydrogens (tertiary/aromatic N) is 1. The average Bonchev–Trinajstić information content (AvgIpc) is 3.43. The number of nitrogens with one attached hydrogen (secondary N) is 1. The Kier molecular flexibility index (Phi) is 8.54. The third kappa shape index (κ3) is 6.54. The molecule has 0 spiro atoms. The Morgan fingerprint density at radius 3 is 2.07 bits per heavy atom. The molecular formula is C38H31FN2O3S. The van der Waals surface area contributed by atoms with Gasteiger partial charge >= 0.3 is 5.97 Å². The van der Waals surface area contributed by atoms with Crippen LogP contribution in [0.25, 0.3) is 33.2 Å². The number of hydrogen-bond donors (Lipinski definition) is 2. The fraction of sp³-hybridized carbons (Fsp3) is 0.105. The fourth-order valence-electron chi connectivity index (χ4n) is 5.36. The van der Waals surface area contributed by atoms with Crippen molar-refractivity contribution in [2.24, 2.45) is 0 Å². The van der Waals surface area contributed by atoms with E-state index in [1.807, 2.05) is 24.3 Å². The van der Waals surface area contributed by atoms with E-state index >= 15 is 0 Å². The number of benzene rings is 5. The van der Waals surface area contributed by atoms with Crippen LogP contribution < -0.4 is 5.32 Å². The SMILES string of the molecule is CC(C)n1cc(Sc2ccc(-c3ccccc3)cc2)c2c(C(=O)NCc3ccc(C(=O)O)cc3)cc(-c3ccc(F)cc3)cc21. The lowest BCUT2D eigenvalue weighted by atomic mass is 9.99. The Bertz CT molecular complexity index is 1980. The molecule has 0 aliphatic heterocycles. The maximum atomic E-state index is 13.9. The van der Waals surface area contributed by atoms with E-state index in [4.69, 9.17) is 0 Å². The molecule has 0 saturated carbocycles. The highest BCUT2D eigenvalue weighted by atomic mass is 32.2. The Morgan fingerprint density at radius 2 is 1.42 bits per heavy atom. The zero-order chi connectivity index (χ0) is 31.5. The monoisotopic (exact) mass is 614 g/mol. The zero-order valence-electron chi connectivity index (χ0n) is 24.8. The van der Waals surface area contributed by atoms with Gasteiger partial charge in [-0.2, -0.15) is 0 Å². The van der Waals surface area contributed by atoms with Crippen molar-refractivity contribution >= 4 is 34.5 Å². The lowest BCUT2D eigenvalue weighted by Crippen LogP contribution is -2.23. The minimum atomic E-state index is -1.00. The molecule has 0 unspecified atom stereocenters. The molecule has 5 nitrogen and oxygen atoms in total. The molecular weight excluding hydrogens is 583 g/mol. The Balaban J connectivity index is 1.41. The third-order valence-corrected chi connectivity index (χ3v) is 8.76. The largest absolute Gasteiger partial charge is 0.478 e. The van der Waals surface area contributed by atoms with Gasteiger partial charge < -0.3 is 15.0 Å². The first-order chi connectivity index (χ1) is 21.8. The molecule has 1 heterocycles. The van der Waals surface area contributed by atoms with Crippen molar-refractivity contribution in [3.05, 3.63) is 144 Å². The van der Waals surface area contributed by atoms with Crippen LogP contribution >= 0.6 is 11.8 Å². The molecule has 6 aromatic rings. The van der Waals surface area contributed by atoms with Crippen LogP contribution in [0.3, 0.4) is 0 Å². The van der Waals surface area contributed by atoms with Gasteiger partial charge in [-0.25, -0.2) is 9.18 Å². The van der Waals surface area contributed by atoms with Crippen molar-refractivity contribution in [1.82, 2.24) is 9.88 Å². The van der Waals surface area contributed by atoms with E-state index in [-0.39, 0.29) is 29.9 Å². The van der Waals surface area contributed by atoms with Gasteiger partial charge in [0.25, 0.3) is 5.91 Å². The zero-order valence-corrected chi connectivity index (χ0v) is 25.6.